The Bertz CT molecular complexity index is 280. The highest BCUT2D eigenvalue weighted by atomic mass is 32.1. The van der Waals surface area contributed by atoms with Crippen molar-refractivity contribution in [3.05, 3.63) is 22.4 Å². The molecule has 0 radical (unpaired) electrons. The molecule has 0 aliphatic rings. The minimum absolute atomic E-state index is 0.0730. The SMILES string of the molecule is CCOC(=O)CC(C)CCc1cccs1. The van der Waals surface area contributed by atoms with Crippen molar-refractivity contribution in [2.24, 2.45) is 5.92 Å². The number of aryl methyl sites for hydroxylation is 1. The molecule has 3 heteroatoms. The van der Waals surface area contributed by atoms with Gasteiger partial charge in [-0.2, -0.15) is 0 Å². The highest BCUT2D eigenvalue weighted by Gasteiger charge is 2.09. The Balaban J connectivity index is 2.18. The summed E-state index contributed by atoms with van der Waals surface area (Å²) >= 11 is 1.78. The molecular formula is C12H18O2S. The molecule has 1 aromatic heterocycles. The Morgan fingerprint density at radius 1 is 1.60 bits per heavy atom. The van der Waals surface area contributed by atoms with Crippen LogP contribution in [-0.2, 0) is 16.0 Å². The topological polar surface area (TPSA) is 26.3 Å². The average molecular weight is 226 g/mol. The molecule has 0 aliphatic heterocycles. The molecule has 0 bridgehead atoms. The number of hydrogen-bond donors (Lipinski definition) is 0. The highest BCUT2D eigenvalue weighted by Crippen LogP contribution is 2.16. The summed E-state index contributed by atoms with van der Waals surface area (Å²) in [6.45, 7) is 4.43. The van der Waals surface area contributed by atoms with E-state index in [1.807, 2.05) is 6.92 Å². The minimum atomic E-state index is -0.0730. The molecule has 0 fully saturated rings. The molecule has 15 heavy (non-hydrogen) atoms. The lowest BCUT2D eigenvalue weighted by Gasteiger charge is -2.09. The predicted molar refractivity (Wildman–Crippen MR) is 63.1 cm³/mol. The molecule has 0 saturated heterocycles. The first kappa shape index (κ1) is 12.2. The van der Waals surface area contributed by atoms with Gasteiger partial charge in [0.15, 0.2) is 0 Å². The lowest BCUT2D eigenvalue weighted by atomic mass is 10.0. The molecule has 0 spiro atoms. The molecule has 1 atom stereocenters. The van der Waals surface area contributed by atoms with Gasteiger partial charge in [-0.1, -0.05) is 13.0 Å². The van der Waals surface area contributed by atoms with Crippen molar-refractivity contribution in [3.8, 4) is 0 Å². The van der Waals surface area contributed by atoms with E-state index in [1.165, 1.54) is 4.88 Å². The van der Waals surface area contributed by atoms with E-state index in [9.17, 15) is 4.79 Å². The van der Waals surface area contributed by atoms with Crippen LogP contribution in [-0.4, -0.2) is 12.6 Å². The summed E-state index contributed by atoms with van der Waals surface area (Å²) in [7, 11) is 0. The van der Waals surface area contributed by atoms with Crippen molar-refractivity contribution in [2.45, 2.75) is 33.1 Å². The van der Waals surface area contributed by atoms with Crippen LogP contribution >= 0.6 is 11.3 Å². The summed E-state index contributed by atoms with van der Waals surface area (Å²) in [5, 5.41) is 2.09. The first-order valence-corrected chi connectivity index (χ1v) is 6.28. The van der Waals surface area contributed by atoms with Crippen LogP contribution in [0.5, 0.6) is 0 Å². The van der Waals surface area contributed by atoms with Crippen LogP contribution in [0.25, 0.3) is 0 Å². The number of carbonyl (C=O) groups is 1. The fourth-order valence-electron chi connectivity index (χ4n) is 1.45. The van der Waals surface area contributed by atoms with Gasteiger partial charge < -0.3 is 4.74 Å². The van der Waals surface area contributed by atoms with Crippen LogP contribution in [0, 0.1) is 5.92 Å². The summed E-state index contributed by atoms with van der Waals surface area (Å²) in [4.78, 5) is 12.6. The van der Waals surface area contributed by atoms with Crippen LogP contribution in [0.15, 0.2) is 17.5 Å². The van der Waals surface area contributed by atoms with Gasteiger partial charge in [0, 0.05) is 11.3 Å². The molecule has 1 heterocycles. The van der Waals surface area contributed by atoms with Gasteiger partial charge in [0.1, 0.15) is 0 Å². The quantitative estimate of drug-likeness (QED) is 0.696. The summed E-state index contributed by atoms with van der Waals surface area (Å²) in [5.74, 6) is 0.335. The first-order valence-electron chi connectivity index (χ1n) is 5.40. The predicted octanol–water partition coefficient (Wildman–Crippen LogP) is 3.27. The van der Waals surface area contributed by atoms with Gasteiger partial charge in [-0.3, -0.25) is 4.79 Å². The maximum atomic E-state index is 11.2. The Hall–Kier alpha value is -0.830. The van der Waals surface area contributed by atoms with E-state index in [-0.39, 0.29) is 5.97 Å². The van der Waals surface area contributed by atoms with E-state index in [4.69, 9.17) is 4.74 Å². The van der Waals surface area contributed by atoms with Gasteiger partial charge in [0.25, 0.3) is 0 Å². The van der Waals surface area contributed by atoms with E-state index < -0.39 is 0 Å². The zero-order valence-electron chi connectivity index (χ0n) is 9.36. The van der Waals surface area contributed by atoms with Gasteiger partial charge >= 0.3 is 5.97 Å². The van der Waals surface area contributed by atoms with Crippen LogP contribution in [0.1, 0.15) is 31.6 Å². The number of thiophene rings is 1. The van der Waals surface area contributed by atoms with Crippen LogP contribution < -0.4 is 0 Å². The minimum Gasteiger partial charge on any atom is -0.466 e. The molecule has 1 rings (SSSR count). The van der Waals surface area contributed by atoms with Gasteiger partial charge in [-0.05, 0) is 37.1 Å². The standard InChI is InChI=1S/C12H18O2S/c1-3-14-12(13)9-10(2)6-7-11-5-4-8-15-11/h4-5,8,10H,3,6-7,9H2,1-2H3. The smallest absolute Gasteiger partial charge is 0.306 e. The van der Waals surface area contributed by atoms with Crippen molar-refractivity contribution in [1.82, 2.24) is 0 Å². The van der Waals surface area contributed by atoms with Crippen molar-refractivity contribution >= 4 is 17.3 Å². The molecule has 0 amide bonds. The van der Waals surface area contributed by atoms with Gasteiger partial charge in [0.05, 0.1) is 6.61 Å². The third-order valence-corrected chi connectivity index (χ3v) is 3.22. The molecule has 0 aromatic carbocycles. The normalized spacial score (nSPS) is 12.4. The Morgan fingerprint density at radius 3 is 3.00 bits per heavy atom. The van der Waals surface area contributed by atoms with Crippen molar-refractivity contribution in [2.75, 3.05) is 6.61 Å². The van der Waals surface area contributed by atoms with E-state index >= 15 is 0 Å². The number of carbonyl (C=O) groups excluding carboxylic acids is 1. The molecule has 84 valence electrons. The van der Waals surface area contributed by atoms with Crippen LogP contribution in [0.4, 0.5) is 0 Å². The molecule has 1 unspecified atom stereocenters. The zero-order chi connectivity index (χ0) is 11.1. The second kappa shape index (κ2) is 6.62. The third-order valence-electron chi connectivity index (χ3n) is 2.28. The van der Waals surface area contributed by atoms with Crippen LogP contribution in [0.2, 0.25) is 0 Å². The largest absolute Gasteiger partial charge is 0.466 e. The monoisotopic (exact) mass is 226 g/mol. The van der Waals surface area contributed by atoms with E-state index in [0.29, 0.717) is 18.9 Å². The van der Waals surface area contributed by atoms with Crippen LogP contribution in [0.3, 0.4) is 0 Å². The fraction of sp³-hybridized carbons (Fsp3) is 0.583. The van der Waals surface area contributed by atoms with Gasteiger partial charge in [-0.15, -0.1) is 11.3 Å². The Labute approximate surface area is 95.3 Å². The maximum Gasteiger partial charge on any atom is 0.306 e. The molecular weight excluding hydrogens is 208 g/mol. The lowest BCUT2D eigenvalue weighted by molar-refractivity contribution is -0.144. The Kier molecular flexibility index (Phi) is 5.40. The lowest BCUT2D eigenvalue weighted by Crippen LogP contribution is -2.09. The second-order valence-electron chi connectivity index (χ2n) is 3.73. The molecule has 2 nitrogen and oxygen atoms in total. The number of ether oxygens (including phenoxy) is 1. The number of hydrogen-bond acceptors (Lipinski definition) is 3. The molecule has 0 N–H and O–H groups in total. The highest BCUT2D eigenvalue weighted by molar-refractivity contribution is 7.09. The maximum absolute atomic E-state index is 11.2. The fourth-order valence-corrected chi connectivity index (χ4v) is 2.17. The number of rotatable bonds is 6. The zero-order valence-corrected chi connectivity index (χ0v) is 10.2. The van der Waals surface area contributed by atoms with Gasteiger partial charge in [0.2, 0.25) is 0 Å². The van der Waals surface area contributed by atoms with Crippen molar-refractivity contribution in [1.29, 1.82) is 0 Å². The Morgan fingerprint density at radius 2 is 2.40 bits per heavy atom. The summed E-state index contributed by atoms with van der Waals surface area (Å²) < 4.78 is 4.91. The number of esters is 1. The van der Waals surface area contributed by atoms with Gasteiger partial charge in [-0.25, -0.2) is 0 Å². The average Bonchev–Trinajstić information content (AvgIpc) is 2.67. The summed E-state index contributed by atoms with van der Waals surface area (Å²) in [6, 6.07) is 4.21. The summed E-state index contributed by atoms with van der Waals surface area (Å²) in [6.07, 6.45) is 2.66. The molecule has 0 aliphatic carbocycles. The van der Waals surface area contributed by atoms with E-state index in [2.05, 4.69) is 24.4 Å². The van der Waals surface area contributed by atoms with E-state index in [0.717, 1.165) is 12.8 Å². The van der Waals surface area contributed by atoms with Crippen molar-refractivity contribution < 1.29 is 9.53 Å². The first-order chi connectivity index (χ1) is 7.22. The second-order valence-corrected chi connectivity index (χ2v) is 4.76. The summed E-state index contributed by atoms with van der Waals surface area (Å²) in [5.41, 5.74) is 0. The third kappa shape index (κ3) is 4.98. The molecule has 1 aromatic rings. The van der Waals surface area contributed by atoms with E-state index in [1.54, 1.807) is 11.3 Å². The van der Waals surface area contributed by atoms with Crippen molar-refractivity contribution in [3.63, 3.8) is 0 Å². The molecule has 0 saturated carbocycles.